The van der Waals surface area contributed by atoms with Crippen LogP contribution in [0.25, 0.3) is 22.0 Å². The lowest BCUT2D eigenvalue weighted by atomic mass is 10.0. The van der Waals surface area contributed by atoms with Crippen LogP contribution in [0.1, 0.15) is 21.0 Å². The third-order valence-electron chi connectivity index (χ3n) is 3.53. The van der Waals surface area contributed by atoms with Gasteiger partial charge in [-0.15, -0.1) is 0 Å². The highest BCUT2D eigenvalue weighted by Gasteiger charge is 2.25. The lowest BCUT2D eigenvalue weighted by Gasteiger charge is -1.99. The monoisotopic (exact) mass is 290 g/mol. The maximum atomic E-state index is 12.5. The Labute approximate surface area is 124 Å². The van der Waals surface area contributed by atoms with E-state index in [2.05, 4.69) is 9.97 Å². The van der Waals surface area contributed by atoms with Crippen molar-refractivity contribution < 1.29 is 14.0 Å². The van der Waals surface area contributed by atoms with E-state index in [4.69, 9.17) is 4.42 Å². The lowest BCUT2D eigenvalue weighted by Crippen LogP contribution is -2.15. The molecule has 4 aromatic rings. The van der Waals surface area contributed by atoms with Crippen molar-refractivity contribution in [1.82, 2.24) is 9.97 Å². The first kappa shape index (κ1) is 12.5. The molecule has 106 valence electrons. The Morgan fingerprint density at radius 2 is 1.82 bits per heavy atom. The van der Waals surface area contributed by atoms with Gasteiger partial charge >= 0.3 is 0 Å². The Balaban J connectivity index is 1.79. The molecule has 0 atom stereocenters. The van der Waals surface area contributed by atoms with E-state index in [9.17, 15) is 9.59 Å². The van der Waals surface area contributed by atoms with Gasteiger partial charge in [-0.1, -0.05) is 24.3 Å². The minimum absolute atomic E-state index is 0.182. The molecule has 0 saturated heterocycles. The Hall–Kier alpha value is -3.21. The van der Waals surface area contributed by atoms with Gasteiger partial charge in [0, 0.05) is 22.7 Å². The number of aromatic amines is 1. The van der Waals surface area contributed by atoms with E-state index in [1.165, 1.54) is 0 Å². The first-order valence-corrected chi connectivity index (χ1v) is 6.75. The largest absolute Gasteiger partial charge is 0.433 e. The van der Waals surface area contributed by atoms with E-state index in [1.54, 1.807) is 48.7 Å². The zero-order valence-electron chi connectivity index (χ0n) is 11.4. The van der Waals surface area contributed by atoms with E-state index in [0.29, 0.717) is 22.0 Å². The summed E-state index contributed by atoms with van der Waals surface area (Å²) in [6.45, 7) is 0. The third kappa shape index (κ3) is 1.83. The lowest BCUT2D eigenvalue weighted by molar-refractivity contribution is 0.0799. The van der Waals surface area contributed by atoms with Crippen LogP contribution in [0, 0.1) is 0 Å². The normalized spacial score (nSPS) is 11.1. The predicted molar refractivity (Wildman–Crippen MR) is 81.0 cm³/mol. The molecule has 5 nitrogen and oxygen atoms in total. The van der Waals surface area contributed by atoms with E-state index in [0.717, 1.165) is 5.52 Å². The number of rotatable bonds is 3. The van der Waals surface area contributed by atoms with Crippen molar-refractivity contribution in [2.45, 2.75) is 0 Å². The molecule has 2 aromatic heterocycles. The second-order valence-electron chi connectivity index (χ2n) is 4.89. The van der Waals surface area contributed by atoms with Crippen LogP contribution in [-0.4, -0.2) is 21.5 Å². The summed E-state index contributed by atoms with van der Waals surface area (Å²) < 4.78 is 5.38. The minimum atomic E-state index is -0.745. The summed E-state index contributed by atoms with van der Waals surface area (Å²) in [7, 11) is 0. The number of Topliss-reactive ketones (excluding diaryl/α,β-unsaturated/α-hetero) is 2. The summed E-state index contributed by atoms with van der Waals surface area (Å²) in [5.41, 5.74) is 2.18. The molecule has 5 heteroatoms. The van der Waals surface area contributed by atoms with E-state index in [1.807, 2.05) is 6.07 Å². The fourth-order valence-electron chi connectivity index (χ4n) is 2.47. The quantitative estimate of drug-likeness (QED) is 0.463. The average Bonchev–Trinajstić information content (AvgIpc) is 3.19. The second-order valence-corrected chi connectivity index (χ2v) is 4.89. The minimum Gasteiger partial charge on any atom is -0.433 e. The van der Waals surface area contributed by atoms with Gasteiger partial charge in [-0.05, 0) is 24.3 Å². The molecule has 4 rings (SSSR count). The number of fused-ring (bicyclic) bond motifs is 2. The molecule has 0 amide bonds. The fraction of sp³-hybridized carbons (Fsp3) is 0. The first-order valence-electron chi connectivity index (χ1n) is 6.75. The number of nitrogens with zero attached hydrogens (tertiary/aromatic N) is 1. The molecule has 0 radical (unpaired) electrons. The average molecular weight is 290 g/mol. The number of para-hydroxylation sites is 2. The molecule has 0 aliphatic heterocycles. The molecular formula is C17H10N2O3. The van der Waals surface area contributed by atoms with Crippen LogP contribution >= 0.6 is 0 Å². The summed E-state index contributed by atoms with van der Waals surface area (Å²) in [5, 5.41) is 0.706. The number of carbonyl (C=O) groups is 2. The van der Waals surface area contributed by atoms with Crippen molar-refractivity contribution in [3.63, 3.8) is 0 Å². The molecule has 0 fully saturated rings. The zero-order valence-corrected chi connectivity index (χ0v) is 11.4. The Kier molecular flexibility index (Phi) is 2.66. The van der Waals surface area contributed by atoms with Crippen molar-refractivity contribution in [2.24, 2.45) is 0 Å². The van der Waals surface area contributed by atoms with Crippen molar-refractivity contribution >= 4 is 33.6 Å². The molecule has 0 aliphatic rings. The van der Waals surface area contributed by atoms with Crippen LogP contribution in [0.5, 0.6) is 0 Å². The summed E-state index contributed by atoms with van der Waals surface area (Å²) in [6, 6.07) is 14.0. The van der Waals surface area contributed by atoms with Gasteiger partial charge in [0.1, 0.15) is 5.52 Å². The molecular weight excluding hydrogens is 280 g/mol. The maximum Gasteiger partial charge on any atom is 0.288 e. The number of aromatic nitrogens is 2. The van der Waals surface area contributed by atoms with Gasteiger partial charge in [0.25, 0.3) is 11.7 Å². The number of ketones is 2. The molecule has 2 heterocycles. The van der Waals surface area contributed by atoms with Crippen molar-refractivity contribution in [3.05, 3.63) is 66.2 Å². The van der Waals surface area contributed by atoms with Gasteiger partial charge in [0.05, 0.1) is 0 Å². The van der Waals surface area contributed by atoms with Crippen LogP contribution in [0.3, 0.4) is 0 Å². The molecule has 2 aromatic carbocycles. The fourth-order valence-corrected chi connectivity index (χ4v) is 2.47. The number of hydrogen-bond donors (Lipinski definition) is 1. The number of benzene rings is 2. The Bertz CT molecular complexity index is 993. The van der Waals surface area contributed by atoms with Gasteiger partial charge in [-0.3, -0.25) is 9.59 Å². The predicted octanol–water partition coefficient (Wildman–Crippen LogP) is 3.37. The number of hydrogen-bond acceptors (Lipinski definition) is 4. The molecule has 0 aliphatic carbocycles. The summed E-state index contributed by atoms with van der Waals surface area (Å²) >= 11 is 0. The number of carbonyl (C=O) groups excluding carboxylic acids is 2. The zero-order chi connectivity index (χ0) is 15.1. The Morgan fingerprint density at radius 3 is 2.68 bits per heavy atom. The van der Waals surface area contributed by atoms with Gasteiger partial charge < -0.3 is 9.40 Å². The SMILES string of the molecule is O=C(C(=O)c1cccc2[nH]ccc12)c1nc2ccccc2o1. The smallest absolute Gasteiger partial charge is 0.288 e. The first-order chi connectivity index (χ1) is 10.7. The molecule has 0 bridgehead atoms. The number of H-pyrrole nitrogens is 1. The van der Waals surface area contributed by atoms with Crippen molar-refractivity contribution in [3.8, 4) is 0 Å². The van der Waals surface area contributed by atoms with Gasteiger partial charge in [0.2, 0.25) is 5.78 Å². The standard InChI is InChI=1S/C17H10N2O3/c20-15(11-4-3-6-12-10(11)8-9-18-12)16(21)17-19-13-5-1-2-7-14(13)22-17/h1-9,18H. The van der Waals surface area contributed by atoms with E-state index >= 15 is 0 Å². The van der Waals surface area contributed by atoms with Gasteiger partial charge in [-0.2, -0.15) is 0 Å². The molecule has 0 saturated carbocycles. The van der Waals surface area contributed by atoms with Crippen LogP contribution < -0.4 is 0 Å². The van der Waals surface area contributed by atoms with E-state index in [-0.39, 0.29) is 5.89 Å². The molecule has 0 unspecified atom stereocenters. The highest BCUT2D eigenvalue weighted by molar-refractivity contribution is 6.50. The van der Waals surface area contributed by atoms with Gasteiger partial charge in [-0.25, -0.2) is 4.98 Å². The maximum absolute atomic E-state index is 12.5. The third-order valence-corrected chi connectivity index (χ3v) is 3.53. The molecule has 1 N–H and O–H groups in total. The van der Waals surface area contributed by atoms with Crippen LogP contribution in [0.2, 0.25) is 0 Å². The summed E-state index contributed by atoms with van der Waals surface area (Å²) in [4.78, 5) is 31.9. The molecule has 22 heavy (non-hydrogen) atoms. The van der Waals surface area contributed by atoms with Crippen LogP contribution in [0.4, 0.5) is 0 Å². The second kappa shape index (κ2) is 4.66. The van der Waals surface area contributed by atoms with Crippen molar-refractivity contribution in [2.75, 3.05) is 0 Å². The topological polar surface area (TPSA) is 76.0 Å². The molecule has 0 spiro atoms. The van der Waals surface area contributed by atoms with Crippen LogP contribution in [0.15, 0.2) is 59.1 Å². The summed E-state index contributed by atoms with van der Waals surface area (Å²) in [6.07, 6.45) is 1.73. The highest BCUT2D eigenvalue weighted by Crippen LogP contribution is 2.21. The summed E-state index contributed by atoms with van der Waals surface area (Å²) in [5.74, 6) is -1.56. The Morgan fingerprint density at radius 1 is 0.955 bits per heavy atom. The van der Waals surface area contributed by atoms with Crippen LogP contribution in [-0.2, 0) is 0 Å². The van der Waals surface area contributed by atoms with E-state index < -0.39 is 11.6 Å². The van der Waals surface area contributed by atoms with Crippen molar-refractivity contribution in [1.29, 1.82) is 0 Å². The van der Waals surface area contributed by atoms with Gasteiger partial charge in [0.15, 0.2) is 5.58 Å². The number of oxazole rings is 1. The highest BCUT2D eigenvalue weighted by atomic mass is 16.4. The number of nitrogens with one attached hydrogen (secondary N) is 1.